The van der Waals surface area contributed by atoms with Crippen LogP contribution in [0.5, 0.6) is 0 Å². The fourth-order valence-corrected chi connectivity index (χ4v) is 4.68. The summed E-state index contributed by atoms with van der Waals surface area (Å²) in [6, 6.07) is 10.5. The van der Waals surface area contributed by atoms with Gasteiger partial charge in [-0.3, -0.25) is 4.79 Å². The molecule has 2 N–H and O–H groups in total. The molecular formula is C18H24N2O3S2. The van der Waals surface area contributed by atoms with Crippen LogP contribution in [-0.4, -0.2) is 26.9 Å². The first-order valence-electron chi connectivity index (χ1n) is 8.18. The van der Waals surface area contributed by atoms with Gasteiger partial charge in [0.25, 0.3) is 10.0 Å². The summed E-state index contributed by atoms with van der Waals surface area (Å²) in [5.74, 6) is -0.462. The molecule has 5 nitrogen and oxygen atoms in total. The Morgan fingerprint density at radius 3 is 2.40 bits per heavy atom. The molecule has 1 aromatic carbocycles. The van der Waals surface area contributed by atoms with Crippen LogP contribution in [0.1, 0.15) is 25.0 Å². The highest BCUT2D eigenvalue weighted by Gasteiger charge is 2.28. The predicted molar refractivity (Wildman–Crippen MR) is 101 cm³/mol. The summed E-state index contributed by atoms with van der Waals surface area (Å²) in [5.41, 5.74) is 2.32. The lowest BCUT2D eigenvalue weighted by atomic mass is 10.0. The topological polar surface area (TPSA) is 75.3 Å². The van der Waals surface area contributed by atoms with E-state index in [-0.39, 0.29) is 16.0 Å². The molecule has 7 heteroatoms. The molecule has 25 heavy (non-hydrogen) atoms. The SMILES string of the molecule is Cc1ccc(CCNC(=O)[C@H](NS(=O)(=O)c2cccs2)C(C)C)cc1. The van der Waals surface area contributed by atoms with E-state index in [2.05, 4.69) is 10.0 Å². The van der Waals surface area contributed by atoms with Gasteiger partial charge in [0.2, 0.25) is 5.91 Å². The van der Waals surface area contributed by atoms with Gasteiger partial charge < -0.3 is 5.32 Å². The third-order valence-corrected chi connectivity index (χ3v) is 6.66. The number of hydrogen-bond acceptors (Lipinski definition) is 4. The van der Waals surface area contributed by atoms with Gasteiger partial charge in [0.1, 0.15) is 10.3 Å². The zero-order valence-corrected chi connectivity index (χ0v) is 16.3. The summed E-state index contributed by atoms with van der Waals surface area (Å²) in [5, 5.41) is 4.53. The quantitative estimate of drug-likeness (QED) is 0.739. The van der Waals surface area contributed by atoms with E-state index in [1.807, 2.05) is 45.0 Å². The van der Waals surface area contributed by atoms with Crippen molar-refractivity contribution < 1.29 is 13.2 Å². The van der Waals surface area contributed by atoms with Crippen LogP contribution < -0.4 is 10.0 Å². The van der Waals surface area contributed by atoms with Crippen molar-refractivity contribution in [3.8, 4) is 0 Å². The summed E-state index contributed by atoms with van der Waals surface area (Å²) in [7, 11) is -3.68. The summed E-state index contributed by atoms with van der Waals surface area (Å²) in [6.45, 7) is 6.13. The van der Waals surface area contributed by atoms with Crippen LogP contribution in [-0.2, 0) is 21.2 Å². The zero-order valence-electron chi connectivity index (χ0n) is 14.7. The molecule has 2 rings (SSSR count). The highest BCUT2D eigenvalue weighted by Crippen LogP contribution is 2.17. The van der Waals surface area contributed by atoms with Crippen molar-refractivity contribution in [2.45, 2.75) is 37.4 Å². The van der Waals surface area contributed by atoms with Crippen molar-refractivity contribution in [3.05, 3.63) is 52.9 Å². The first-order chi connectivity index (χ1) is 11.8. The molecule has 0 radical (unpaired) electrons. The molecule has 0 fully saturated rings. The Labute approximate surface area is 153 Å². The fourth-order valence-electron chi connectivity index (χ4n) is 2.33. The number of carbonyl (C=O) groups excluding carboxylic acids is 1. The van der Waals surface area contributed by atoms with Crippen molar-refractivity contribution in [1.82, 2.24) is 10.0 Å². The average molecular weight is 381 g/mol. The van der Waals surface area contributed by atoms with Crippen LogP contribution in [0, 0.1) is 12.8 Å². The molecule has 0 bridgehead atoms. The van der Waals surface area contributed by atoms with E-state index in [0.717, 1.165) is 16.9 Å². The molecule has 2 aromatic rings. The van der Waals surface area contributed by atoms with Crippen LogP contribution in [0.2, 0.25) is 0 Å². The number of thiophene rings is 1. The van der Waals surface area contributed by atoms with E-state index in [1.54, 1.807) is 11.4 Å². The highest BCUT2D eigenvalue weighted by molar-refractivity contribution is 7.91. The number of carbonyl (C=O) groups is 1. The molecule has 0 saturated heterocycles. The second-order valence-electron chi connectivity index (χ2n) is 6.30. The number of benzene rings is 1. The molecule has 0 saturated carbocycles. The Bertz CT molecular complexity index is 782. The van der Waals surface area contributed by atoms with Crippen LogP contribution >= 0.6 is 11.3 Å². The number of nitrogens with one attached hydrogen (secondary N) is 2. The highest BCUT2D eigenvalue weighted by atomic mass is 32.2. The van der Waals surface area contributed by atoms with E-state index in [0.29, 0.717) is 13.0 Å². The Morgan fingerprint density at radius 1 is 1.16 bits per heavy atom. The van der Waals surface area contributed by atoms with Crippen LogP contribution in [0.4, 0.5) is 0 Å². The Kier molecular flexibility index (Phi) is 6.75. The molecule has 0 unspecified atom stereocenters. The van der Waals surface area contributed by atoms with E-state index in [1.165, 1.54) is 11.6 Å². The third-order valence-electron chi connectivity index (χ3n) is 3.82. The minimum Gasteiger partial charge on any atom is -0.354 e. The molecule has 1 aromatic heterocycles. The number of hydrogen-bond donors (Lipinski definition) is 2. The fraction of sp³-hybridized carbons (Fsp3) is 0.389. The maximum absolute atomic E-state index is 12.4. The Hall–Kier alpha value is -1.70. The van der Waals surface area contributed by atoms with Gasteiger partial charge in [0, 0.05) is 6.54 Å². The lowest BCUT2D eigenvalue weighted by Gasteiger charge is -2.21. The van der Waals surface area contributed by atoms with Gasteiger partial charge in [-0.2, -0.15) is 4.72 Å². The van der Waals surface area contributed by atoms with E-state index >= 15 is 0 Å². The second-order valence-corrected chi connectivity index (χ2v) is 9.19. The average Bonchev–Trinajstić information content (AvgIpc) is 3.09. The lowest BCUT2D eigenvalue weighted by molar-refractivity contribution is -0.123. The van der Waals surface area contributed by atoms with Gasteiger partial charge >= 0.3 is 0 Å². The lowest BCUT2D eigenvalue weighted by Crippen LogP contribution is -2.49. The maximum Gasteiger partial charge on any atom is 0.250 e. The van der Waals surface area contributed by atoms with Crippen molar-refractivity contribution in [2.75, 3.05) is 6.54 Å². The molecule has 0 aliphatic carbocycles. The normalized spacial score (nSPS) is 13.0. The standard InChI is InChI=1S/C18H24N2O3S2/c1-13(2)17(20-25(22,23)16-5-4-12-24-16)18(21)19-11-10-15-8-6-14(3)7-9-15/h4-9,12-13,17,20H,10-11H2,1-3H3,(H,19,21)/t17-/m1/s1. The second kappa shape index (κ2) is 8.60. The Balaban J connectivity index is 1.95. The summed E-state index contributed by atoms with van der Waals surface area (Å²) in [4.78, 5) is 12.4. The van der Waals surface area contributed by atoms with E-state index < -0.39 is 16.1 Å². The van der Waals surface area contributed by atoms with Crippen molar-refractivity contribution in [3.63, 3.8) is 0 Å². The van der Waals surface area contributed by atoms with Gasteiger partial charge in [-0.1, -0.05) is 49.7 Å². The van der Waals surface area contributed by atoms with Crippen LogP contribution in [0.15, 0.2) is 46.0 Å². The molecule has 136 valence electrons. The predicted octanol–water partition coefficient (Wildman–Crippen LogP) is 2.72. The monoisotopic (exact) mass is 380 g/mol. The van der Waals surface area contributed by atoms with Crippen molar-refractivity contribution in [2.24, 2.45) is 5.92 Å². The maximum atomic E-state index is 12.4. The molecule has 0 aliphatic heterocycles. The van der Waals surface area contributed by atoms with Crippen molar-refractivity contribution >= 4 is 27.3 Å². The molecule has 0 aliphatic rings. The number of aryl methyl sites for hydroxylation is 1. The van der Waals surface area contributed by atoms with Gasteiger partial charge in [-0.15, -0.1) is 11.3 Å². The molecule has 1 amide bonds. The first-order valence-corrected chi connectivity index (χ1v) is 10.5. The first kappa shape index (κ1) is 19.6. The minimum absolute atomic E-state index is 0.158. The van der Waals surface area contributed by atoms with Crippen molar-refractivity contribution in [1.29, 1.82) is 0 Å². The van der Waals surface area contributed by atoms with Crippen LogP contribution in [0.3, 0.4) is 0 Å². The summed E-state index contributed by atoms with van der Waals surface area (Å²) < 4.78 is 27.5. The number of amides is 1. The van der Waals surface area contributed by atoms with Gasteiger partial charge in [-0.05, 0) is 36.3 Å². The zero-order chi connectivity index (χ0) is 18.4. The Morgan fingerprint density at radius 2 is 1.84 bits per heavy atom. The van der Waals surface area contributed by atoms with E-state index in [4.69, 9.17) is 0 Å². The smallest absolute Gasteiger partial charge is 0.250 e. The minimum atomic E-state index is -3.68. The molecule has 1 heterocycles. The van der Waals surface area contributed by atoms with Gasteiger partial charge in [-0.25, -0.2) is 8.42 Å². The van der Waals surface area contributed by atoms with E-state index in [9.17, 15) is 13.2 Å². The van der Waals surface area contributed by atoms with Crippen LogP contribution in [0.25, 0.3) is 0 Å². The summed E-state index contributed by atoms with van der Waals surface area (Å²) in [6.07, 6.45) is 0.703. The summed E-state index contributed by atoms with van der Waals surface area (Å²) >= 11 is 1.13. The van der Waals surface area contributed by atoms with Gasteiger partial charge in [0.05, 0.1) is 0 Å². The molecule has 0 spiro atoms. The molecule has 1 atom stereocenters. The largest absolute Gasteiger partial charge is 0.354 e. The van der Waals surface area contributed by atoms with Gasteiger partial charge in [0.15, 0.2) is 0 Å². The number of sulfonamides is 1. The molecular weight excluding hydrogens is 356 g/mol. The third kappa shape index (κ3) is 5.66. The number of rotatable bonds is 8.